The van der Waals surface area contributed by atoms with Crippen molar-refractivity contribution in [1.29, 1.82) is 0 Å². The first kappa shape index (κ1) is 20.0. The maximum Gasteiger partial charge on any atom is 0.274 e. The summed E-state index contributed by atoms with van der Waals surface area (Å²) in [6, 6.07) is 5.80. The number of amides is 1. The number of nitrogens with zero attached hydrogens (tertiary/aromatic N) is 4. The van der Waals surface area contributed by atoms with Gasteiger partial charge in [0.2, 0.25) is 10.0 Å². The fraction of sp³-hybridized carbons (Fsp3) is 0.389. The molecule has 0 spiro atoms. The van der Waals surface area contributed by atoms with Crippen molar-refractivity contribution in [3.63, 3.8) is 0 Å². The number of rotatable bonds is 6. The molecule has 0 fully saturated rings. The van der Waals surface area contributed by atoms with Gasteiger partial charge in [0, 0.05) is 50.7 Å². The van der Waals surface area contributed by atoms with Crippen LogP contribution in [0.15, 0.2) is 35.4 Å². The molecule has 0 saturated carbocycles. The van der Waals surface area contributed by atoms with Crippen molar-refractivity contribution in [1.82, 2.24) is 8.87 Å². The molecule has 0 aliphatic carbocycles. The molecule has 1 amide bonds. The molecule has 1 aliphatic heterocycles. The first-order chi connectivity index (χ1) is 13.2. The van der Waals surface area contributed by atoms with E-state index >= 15 is 0 Å². The zero-order valence-corrected chi connectivity index (χ0v) is 16.8. The Bertz CT molecular complexity index is 1040. The molecule has 0 atom stereocenters. The number of hydrogen-bond acceptors (Lipinski definition) is 5. The van der Waals surface area contributed by atoms with Crippen LogP contribution in [0.2, 0.25) is 0 Å². The van der Waals surface area contributed by atoms with Gasteiger partial charge >= 0.3 is 0 Å². The Balaban J connectivity index is 1.94. The summed E-state index contributed by atoms with van der Waals surface area (Å²) in [7, 11) is -2.04. The number of sulfonamides is 1. The summed E-state index contributed by atoms with van der Waals surface area (Å²) in [5.74, 6) is -0.337. The predicted octanol–water partition coefficient (Wildman–Crippen LogP) is 2.17. The van der Waals surface area contributed by atoms with Crippen LogP contribution in [0.5, 0.6) is 0 Å². The molecule has 2 aromatic rings. The van der Waals surface area contributed by atoms with Crippen molar-refractivity contribution in [2.24, 2.45) is 7.05 Å². The molecule has 1 aromatic heterocycles. The van der Waals surface area contributed by atoms with E-state index < -0.39 is 14.9 Å². The number of aryl methyl sites for hydroxylation is 1. The predicted molar refractivity (Wildman–Crippen MR) is 104 cm³/mol. The number of non-ortho nitro benzene ring substituents is 1. The second kappa shape index (κ2) is 7.36. The van der Waals surface area contributed by atoms with Crippen LogP contribution in [0.25, 0.3) is 0 Å². The van der Waals surface area contributed by atoms with Crippen LogP contribution in [0, 0.1) is 10.1 Å². The first-order valence-electron chi connectivity index (χ1n) is 8.96. The number of benzene rings is 1. The lowest BCUT2D eigenvalue weighted by molar-refractivity contribution is -0.384. The summed E-state index contributed by atoms with van der Waals surface area (Å²) in [4.78, 5) is 25.1. The van der Waals surface area contributed by atoms with Gasteiger partial charge in [-0.25, -0.2) is 8.42 Å². The van der Waals surface area contributed by atoms with Crippen molar-refractivity contribution in [2.45, 2.75) is 25.2 Å². The molecule has 1 aromatic carbocycles. The zero-order chi connectivity index (χ0) is 20.6. The van der Waals surface area contributed by atoms with Crippen LogP contribution in [0.3, 0.4) is 0 Å². The van der Waals surface area contributed by atoms with Crippen LogP contribution in [-0.4, -0.2) is 47.8 Å². The molecule has 0 unspecified atom stereocenters. The molecule has 2 heterocycles. The van der Waals surface area contributed by atoms with Crippen LogP contribution in [-0.2, 0) is 23.5 Å². The molecule has 10 heteroatoms. The monoisotopic (exact) mass is 406 g/mol. The van der Waals surface area contributed by atoms with Crippen molar-refractivity contribution < 1.29 is 18.1 Å². The second-order valence-electron chi connectivity index (χ2n) is 6.54. The van der Waals surface area contributed by atoms with E-state index in [4.69, 9.17) is 0 Å². The number of aromatic nitrogens is 1. The van der Waals surface area contributed by atoms with Crippen molar-refractivity contribution >= 4 is 27.3 Å². The van der Waals surface area contributed by atoms with E-state index in [2.05, 4.69) is 0 Å². The average molecular weight is 406 g/mol. The molecule has 0 bridgehead atoms. The highest BCUT2D eigenvalue weighted by molar-refractivity contribution is 7.89. The Hall–Kier alpha value is -2.72. The van der Waals surface area contributed by atoms with Gasteiger partial charge in [0.1, 0.15) is 10.6 Å². The Morgan fingerprint density at radius 2 is 1.93 bits per heavy atom. The minimum atomic E-state index is -3.67. The zero-order valence-electron chi connectivity index (χ0n) is 16.0. The number of nitro benzene ring substituents is 1. The normalized spacial score (nSPS) is 13.8. The maximum absolute atomic E-state index is 13.1. The second-order valence-corrected chi connectivity index (χ2v) is 8.48. The number of nitro groups is 1. The number of hydrogen-bond donors (Lipinski definition) is 0. The Kier molecular flexibility index (Phi) is 5.26. The van der Waals surface area contributed by atoms with Crippen molar-refractivity contribution in [3.8, 4) is 0 Å². The smallest absolute Gasteiger partial charge is 0.274 e. The number of carbonyl (C=O) groups excluding carboxylic acids is 1. The highest BCUT2D eigenvalue weighted by Crippen LogP contribution is 2.32. The van der Waals surface area contributed by atoms with Gasteiger partial charge in [0.15, 0.2) is 0 Å². The van der Waals surface area contributed by atoms with Gasteiger partial charge in [0.05, 0.1) is 4.92 Å². The van der Waals surface area contributed by atoms with E-state index in [1.165, 1.54) is 38.2 Å². The largest absolute Gasteiger partial charge is 0.345 e. The van der Waals surface area contributed by atoms with Gasteiger partial charge in [-0.3, -0.25) is 14.9 Å². The molecule has 9 nitrogen and oxygen atoms in total. The quantitative estimate of drug-likeness (QED) is 0.540. The van der Waals surface area contributed by atoms with E-state index in [0.717, 1.165) is 5.56 Å². The van der Waals surface area contributed by atoms with Gasteiger partial charge < -0.3 is 9.47 Å². The molecule has 3 rings (SSSR count). The summed E-state index contributed by atoms with van der Waals surface area (Å²) in [5, 5.41) is 10.9. The number of anilines is 1. The maximum atomic E-state index is 13.1. The Morgan fingerprint density at radius 1 is 1.25 bits per heavy atom. The Labute approximate surface area is 163 Å². The highest BCUT2D eigenvalue weighted by atomic mass is 32.2. The molecular formula is C18H22N4O5S. The SMILES string of the molecule is CCN(CC)S(=O)(=O)c1cc(C(=O)N2CCc3cc([N+](=O)[O-])ccc32)n(C)c1. The fourth-order valence-corrected chi connectivity index (χ4v) is 4.98. The van der Waals surface area contributed by atoms with Crippen molar-refractivity contribution in [2.75, 3.05) is 24.5 Å². The van der Waals surface area contributed by atoms with Gasteiger partial charge in [-0.1, -0.05) is 13.8 Å². The lowest BCUT2D eigenvalue weighted by atomic mass is 10.1. The molecule has 0 radical (unpaired) electrons. The van der Waals surface area contributed by atoms with E-state index in [9.17, 15) is 23.3 Å². The van der Waals surface area contributed by atoms with Gasteiger partial charge in [-0.05, 0) is 24.1 Å². The summed E-state index contributed by atoms with van der Waals surface area (Å²) in [6.07, 6.45) is 1.95. The molecule has 0 saturated heterocycles. The molecule has 0 N–H and O–H groups in total. The summed E-state index contributed by atoms with van der Waals surface area (Å²) in [5.41, 5.74) is 1.58. The number of carbonyl (C=O) groups is 1. The average Bonchev–Trinajstić information content (AvgIpc) is 3.25. The lowest BCUT2D eigenvalue weighted by Gasteiger charge is -2.17. The third kappa shape index (κ3) is 3.29. The lowest BCUT2D eigenvalue weighted by Crippen LogP contribution is -2.31. The molecule has 28 heavy (non-hydrogen) atoms. The fourth-order valence-electron chi connectivity index (χ4n) is 3.45. The summed E-state index contributed by atoms with van der Waals surface area (Å²) >= 11 is 0. The van der Waals surface area contributed by atoms with E-state index in [-0.39, 0.29) is 22.2 Å². The Morgan fingerprint density at radius 3 is 2.54 bits per heavy atom. The minimum Gasteiger partial charge on any atom is -0.345 e. The van der Waals surface area contributed by atoms with Gasteiger partial charge in [-0.2, -0.15) is 4.31 Å². The molecular weight excluding hydrogens is 384 g/mol. The summed E-state index contributed by atoms with van der Waals surface area (Å²) < 4.78 is 28.3. The summed E-state index contributed by atoms with van der Waals surface area (Å²) in [6.45, 7) is 4.59. The standard InChI is InChI=1S/C18H22N4O5S/c1-4-20(5-2)28(26,27)15-11-17(19(3)12-15)18(23)21-9-8-13-10-14(22(24)25)6-7-16(13)21/h6-7,10-12H,4-5,8-9H2,1-3H3. The van der Waals surface area contributed by atoms with E-state index in [0.29, 0.717) is 31.7 Å². The van der Waals surface area contributed by atoms with Crippen LogP contribution >= 0.6 is 0 Å². The number of fused-ring (bicyclic) bond motifs is 1. The third-order valence-electron chi connectivity index (χ3n) is 4.96. The van der Waals surface area contributed by atoms with Gasteiger partial charge in [0.25, 0.3) is 11.6 Å². The van der Waals surface area contributed by atoms with Crippen LogP contribution < -0.4 is 4.90 Å². The van der Waals surface area contributed by atoms with Crippen LogP contribution in [0.1, 0.15) is 29.9 Å². The van der Waals surface area contributed by atoms with Crippen molar-refractivity contribution in [3.05, 3.63) is 51.8 Å². The molecule has 150 valence electrons. The van der Waals surface area contributed by atoms with E-state index in [1.54, 1.807) is 27.0 Å². The van der Waals surface area contributed by atoms with Gasteiger partial charge in [-0.15, -0.1) is 0 Å². The first-order valence-corrected chi connectivity index (χ1v) is 10.4. The minimum absolute atomic E-state index is 0.0143. The molecule has 1 aliphatic rings. The van der Waals surface area contributed by atoms with Crippen LogP contribution in [0.4, 0.5) is 11.4 Å². The third-order valence-corrected chi connectivity index (χ3v) is 6.97. The van der Waals surface area contributed by atoms with E-state index in [1.807, 2.05) is 0 Å². The topological polar surface area (TPSA) is 106 Å². The highest BCUT2D eigenvalue weighted by Gasteiger charge is 2.31.